The first-order valence-corrected chi connectivity index (χ1v) is 5.17. The van der Waals surface area contributed by atoms with E-state index in [9.17, 15) is 4.57 Å². The van der Waals surface area contributed by atoms with Gasteiger partial charge in [-0.05, 0) is 13.8 Å². The molecule has 1 N–H and O–H groups in total. The van der Waals surface area contributed by atoms with E-state index in [0.29, 0.717) is 0 Å². The summed E-state index contributed by atoms with van der Waals surface area (Å²) in [6, 6.07) is 0. The molecule has 0 saturated carbocycles. The fraction of sp³-hybridized carbons (Fsp3) is 1.00. The highest BCUT2D eigenvalue weighted by Gasteiger charge is 2.38. The Morgan fingerprint density at radius 1 is 1.58 bits per heavy atom. The molecule has 1 saturated heterocycles. The van der Waals surface area contributed by atoms with E-state index in [1.165, 1.54) is 0 Å². The van der Waals surface area contributed by atoms with Crippen molar-refractivity contribution < 1.29 is 20.1 Å². The van der Waals surface area contributed by atoms with Gasteiger partial charge < -0.3 is 14.2 Å². The second-order valence-corrected chi connectivity index (χ2v) is 3.85. The summed E-state index contributed by atoms with van der Waals surface area (Å²) in [4.78, 5) is 8.64. The minimum Gasteiger partial charge on any atom is -0.372 e. The normalized spacial score (nSPS) is 45.8. The molecule has 5 unspecified atom stereocenters. The standard InChI is InChI=1S/C7H15O4P/c1-4-5(2)10-6(3)7(4)11-12(8)9/h4-7,12H,1-3H3,(H,8,9)/i3D. The monoisotopic (exact) mass is 195 g/mol. The Labute approximate surface area is 74.2 Å². The zero-order chi connectivity index (χ0) is 10.0. The third kappa shape index (κ3) is 2.07. The molecule has 0 aromatic rings. The lowest BCUT2D eigenvalue weighted by Crippen LogP contribution is -2.24. The fourth-order valence-electron chi connectivity index (χ4n) is 1.38. The van der Waals surface area contributed by atoms with Gasteiger partial charge in [-0.1, -0.05) is 6.92 Å². The molecule has 1 heterocycles. The van der Waals surface area contributed by atoms with Gasteiger partial charge in [0.05, 0.1) is 18.3 Å². The SMILES string of the molecule is [2H]CC1OC(C)C(C)C1O[PH](=O)O. The summed E-state index contributed by atoms with van der Waals surface area (Å²) in [5.41, 5.74) is 0. The largest absolute Gasteiger partial charge is 0.372 e. The van der Waals surface area contributed by atoms with Crippen molar-refractivity contribution >= 4 is 8.25 Å². The average molecular weight is 195 g/mol. The van der Waals surface area contributed by atoms with Gasteiger partial charge in [-0.2, -0.15) is 0 Å². The Morgan fingerprint density at radius 3 is 2.75 bits per heavy atom. The molecule has 1 fully saturated rings. The average Bonchev–Trinajstić information content (AvgIpc) is 2.31. The highest BCUT2D eigenvalue weighted by molar-refractivity contribution is 7.32. The molecule has 0 bridgehead atoms. The summed E-state index contributed by atoms with van der Waals surface area (Å²) in [6.07, 6.45) is -0.795. The second-order valence-electron chi connectivity index (χ2n) is 3.09. The molecule has 12 heavy (non-hydrogen) atoms. The number of ether oxygens (including phenoxy) is 1. The van der Waals surface area contributed by atoms with Crippen LogP contribution in [0, 0.1) is 5.92 Å². The first-order chi connectivity index (χ1) is 6.06. The van der Waals surface area contributed by atoms with E-state index in [4.69, 9.17) is 15.5 Å². The van der Waals surface area contributed by atoms with E-state index in [1.54, 1.807) is 0 Å². The van der Waals surface area contributed by atoms with Crippen molar-refractivity contribution in [2.24, 2.45) is 5.92 Å². The predicted molar refractivity (Wildman–Crippen MR) is 45.3 cm³/mol. The lowest BCUT2D eigenvalue weighted by atomic mass is 10.0. The quantitative estimate of drug-likeness (QED) is 0.672. The van der Waals surface area contributed by atoms with E-state index in [-0.39, 0.29) is 25.0 Å². The Balaban J connectivity index is 2.62. The van der Waals surface area contributed by atoms with Gasteiger partial charge >= 0.3 is 8.25 Å². The van der Waals surface area contributed by atoms with Gasteiger partial charge in [0.2, 0.25) is 0 Å². The van der Waals surface area contributed by atoms with Crippen molar-refractivity contribution in [3.8, 4) is 0 Å². The fourth-order valence-corrected chi connectivity index (χ4v) is 1.98. The zero-order valence-corrected chi connectivity index (χ0v) is 8.19. The molecule has 0 aromatic carbocycles. The van der Waals surface area contributed by atoms with Crippen molar-refractivity contribution in [3.63, 3.8) is 0 Å². The summed E-state index contributed by atoms with van der Waals surface area (Å²) in [7, 11) is -2.93. The van der Waals surface area contributed by atoms with Gasteiger partial charge in [-0.3, -0.25) is 4.57 Å². The van der Waals surface area contributed by atoms with E-state index < -0.39 is 14.4 Å². The van der Waals surface area contributed by atoms with Crippen molar-refractivity contribution in [1.82, 2.24) is 0 Å². The van der Waals surface area contributed by atoms with Crippen LogP contribution in [0.4, 0.5) is 0 Å². The molecule has 5 atom stereocenters. The van der Waals surface area contributed by atoms with Crippen LogP contribution < -0.4 is 0 Å². The van der Waals surface area contributed by atoms with E-state index >= 15 is 0 Å². The van der Waals surface area contributed by atoms with Crippen LogP contribution in [0.3, 0.4) is 0 Å². The zero-order valence-electron chi connectivity index (χ0n) is 8.19. The lowest BCUT2D eigenvalue weighted by molar-refractivity contribution is 0.0348. The summed E-state index contributed by atoms with van der Waals surface area (Å²) < 4.78 is 27.9. The Kier molecular flexibility index (Phi) is 2.81. The summed E-state index contributed by atoms with van der Waals surface area (Å²) >= 11 is 0. The minimum atomic E-state index is -2.93. The first-order valence-electron chi connectivity index (χ1n) is 4.61. The summed E-state index contributed by atoms with van der Waals surface area (Å²) in [5, 5.41) is 0. The van der Waals surface area contributed by atoms with Crippen LogP contribution in [0.25, 0.3) is 0 Å². The smallest absolute Gasteiger partial charge is 0.316 e. The molecule has 0 amide bonds. The van der Waals surface area contributed by atoms with E-state index in [1.807, 2.05) is 13.8 Å². The number of hydrogen-bond donors (Lipinski definition) is 1. The molecule has 5 heteroatoms. The van der Waals surface area contributed by atoms with E-state index in [2.05, 4.69) is 0 Å². The van der Waals surface area contributed by atoms with Gasteiger partial charge in [-0.25, -0.2) is 0 Å². The predicted octanol–water partition coefficient (Wildman–Crippen LogP) is 1.20. The summed E-state index contributed by atoms with van der Waals surface area (Å²) in [6.45, 7) is 3.84. The molecule has 4 nitrogen and oxygen atoms in total. The van der Waals surface area contributed by atoms with Crippen LogP contribution in [-0.4, -0.2) is 23.2 Å². The van der Waals surface area contributed by atoms with Gasteiger partial charge in [-0.15, -0.1) is 0 Å². The number of rotatable bonds is 2. The maximum atomic E-state index is 10.5. The highest BCUT2D eigenvalue weighted by atomic mass is 31.1. The topological polar surface area (TPSA) is 55.8 Å². The van der Waals surface area contributed by atoms with Crippen molar-refractivity contribution in [1.29, 1.82) is 0 Å². The molecule has 72 valence electrons. The molecule has 0 aromatic heterocycles. The molecular weight excluding hydrogens is 179 g/mol. The van der Waals surface area contributed by atoms with Crippen molar-refractivity contribution in [2.75, 3.05) is 0 Å². The van der Waals surface area contributed by atoms with Gasteiger partial charge in [0.1, 0.15) is 0 Å². The highest BCUT2D eigenvalue weighted by Crippen LogP contribution is 2.34. The second kappa shape index (κ2) is 3.88. The lowest BCUT2D eigenvalue weighted by Gasteiger charge is -2.16. The maximum Gasteiger partial charge on any atom is 0.316 e. The van der Waals surface area contributed by atoms with Gasteiger partial charge in [0.25, 0.3) is 0 Å². The molecule has 0 radical (unpaired) electrons. The van der Waals surface area contributed by atoms with Crippen LogP contribution in [0.5, 0.6) is 0 Å². The molecule has 1 aliphatic rings. The molecule has 1 rings (SSSR count). The Hall–Kier alpha value is 0.110. The third-order valence-electron chi connectivity index (χ3n) is 2.25. The summed E-state index contributed by atoms with van der Waals surface area (Å²) in [5.74, 6) is 0.0662. The maximum absolute atomic E-state index is 10.5. The molecule has 0 spiro atoms. The van der Waals surface area contributed by atoms with Crippen LogP contribution in [0.15, 0.2) is 0 Å². The Bertz CT molecular complexity index is 201. The molecular formula is C7H15O4P. The van der Waals surface area contributed by atoms with Crippen molar-refractivity contribution in [3.05, 3.63) is 0 Å². The van der Waals surface area contributed by atoms with Crippen LogP contribution >= 0.6 is 8.25 Å². The Morgan fingerprint density at radius 2 is 2.25 bits per heavy atom. The van der Waals surface area contributed by atoms with Crippen molar-refractivity contribution in [2.45, 2.75) is 39.1 Å². The molecule has 0 aliphatic carbocycles. The molecule has 1 aliphatic heterocycles. The third-order valence-corrected chi connectivity index (χ3v) is 2.73. The first kappa shape index (κ1) is 8.70. The van der Waals surface area contributed by atoms with Gasteiger partial charge in [0.15, 0.2) is 0 Å². The van der Waals surface area contributed by atoms with E-state index in [0.717, 1.165) is 0 Å². The van der Waals surface area contributed by atoms with Crippen LogP contribution in [-0.2, 0) is 13.8 Å². The minimum absolute atomic E-state index is 0.0123. The number of hydrogen-bond acceptors (Lipinski definition) is 3. The van der Waals surface area contributed by atoms with Crippen LogP contribution in [0.1, 0.15) is 22.1 Å². The van der Waals surface area contributed by atoms with Gasteiger partial charge in [0, 0.05) is 7.29 Å². The van der Waals surface area contributed by atoms with Crippen LogP contribution in [0.2, 0.25) is 0 Å².